The number of ether oxygens (including phenoxy) is 3. The molecule has 9 nitrogen and oxygen atoms in total. The number of hydrogen-bond acceptors (Lipinski definition) is 7. The van der Waals surface area contributed by atoms with Gasteiger partial charge in [0.2, 0.25) is 15.9 Å². The molecule has 0 spiro atoms. The molecular weight excluding hydrogens is 458 g/mol. The summed E-state index contributed by atoms with van der Waals surface area (Å²) in [7, 11) is -3.55. The van der Waals surface area contributed by atoms with Crippen LogP contribution in [0.5, 0.6) is 5.88 Å². The molecule has 1 aliphatic carbocycles. The van der Waals surface area contributed by atoms with E-state index >= 15 is 0 Å². The molecule has 34 heavy (non-hydrogen) atoms. The first kappa shape index (κ1) is 24.0. The maximum Gasteiger partial charge on any atom is 0.260 e. The lowest BCUT2D eigenvalue weighted by Gasteiger charge is -2.42. The van der Waals surface area contributed by atoms with Crippen LogP contribution >= 0.6 is 0 Å². The molecule has 6 rings (SSSR count). The van der Waals surface area contributed by atoms with Crippen molar-refractivity contribution in [1.29, 1.82) is 0 Å². The number of carbonyl (C=O) groups is 1. The number of amides is 1. The van der Waals surface area contributed by atoms with Crippen LogP contribution in [0.1, 0.15) is 62.0 Å². The lowest BCUT2D eigenvalue weighted by Crippen LogP contribution is -2.60. The van der Waals surface area contributed by atoms with Crippen molar-refractivity contribution in [1.82, 2.24) is 14.6 Å². The minimum absolute atomic E-state index is 0.109. The first-order chi connectivity index (χ1) is 16.4. The molecule has 4 aliphatic heterocycles. The van der Waals surface area contributed by atoms with Crippen LogP contribution in [0.2, 0.25) is 0 Å². The zero-order valence-electron chi connectivity index (χ0n) is 19.8. The first-order valence-corrected chi connectivity index (χ1v) is 14.1. The van der Waals surface area contributed by atoms with Gasteiger partial charge in [-0.3, -0.25) is 4.79 Å². The fourth-order valence-corrected chi connectivity index (χ4v) is 7.47. The maximum atomic E-state index is 13.3. The van der Waals surface area contributed by atoms with Gasteiger partial charge in [0.1, 0.15) is 5.25 Å². The van der Waals surface area contributed by atoms with Crippen LogP contribution in [0, 0.1) is 6.92 Å². The number of rotatable bonds is 3. The van der Waals surface area contributed by atoms with Crippen molar-refractivity contribution in [2.24, 2.45) is 0 Å². The average Bonchev–Trinajstić information content (AvgIpc) is 3.38. The zero-order chi connectivity index (χ0) is 23.7. The van der Waals surface area contributed by atoms with Crippen LogP contribution in [-0.2, 0) is 24.3 Å². The predicted molar refractivity (Wildman–Crippen MR) is 125 cm³/mol. The molecule has 1 aromatic rings. The highest BCUT2D eigenvalue weighted by atomic mass is 32.2. The zero-order valence-corrected chi connectivity index (χ0v) is 20.6. The topological polar surface area (TPSA) is 107 Å². The van der Waals surface area contributed by atoms with Crippen LogP contribution in [0.3, 0.4) is 0 Å². The van der Waals surface area contributed by atoms with Gasteiger partial charge in [0.15, 0.2) is 6.61 Å². The van der Waals surface area contributed by atoms with Gasteiger partial charge in [-0.15, -0.1) is 0 Å². The van der Waals surface area contributed by atoms with Crippen molar-refractivity contribution in [3.63, 3.8) is 0 Å². The summed E-state index contributed by atoms with van der Waals surface area (Å²) in [5.41, 5.74) is 2.24. The van der Waals surface area contributed by atoms with Crippen LogP contribution in [0.15, 0.2) is 12.3 Å². The summed E-state index contributed by atoms with van der Waals surface area (Å²) in [6.07, 6.45) is 7.53. The van der Waals surface area contributed by atoms with Crippen LogP contribution in [0.4, 0.5) is 0 Å². The molecule has 1 aromatic heterocycles. The number of nitrogens with one attached hydrogen (secondary N) is 1. The standard InChI is InChI=1S/C24H35N3O6S/c1-16-8-10-25-24-23(16)17-4-6-18(7-5-17)32-14-21-20(3-2-11-27(21)22(28)15-33-24)26-34(29,30)19-9-12-31-13-19/h8,10,17-21,26H,2-7,9,11-15H2,1H3/t17?,18?,19-,20?,21+/m1/s1. The molecule has 1 amide bonds. The fraction of sp³-hybridized carbons (Fsp3) is 0.750. The molecule has 1 unspecified atom stereocenters. The normalized spacial score (nSPS) is 32.7. The summed E-state index contributed by atoms with van der Waals surface area (Å²) in [6.45, 7) is 3.50. The van der Waals surface area contributed by atoms with Crippen molar-refractivity contribution in [2.75, 3.05) is 33.0 Å². The second-order valence-electron chi connectivity index (χ2n) is 9.99. The summed E-state index contributed by atoms with van der Waals surface area (Å²) >= 11 is 0. The molecule has 0 radical (unpaired) electrons. The van der Waals surface area contributed by atoms with E-state index < -0.39 is 21.3 Å². The van der Waals surface area contributed by atoms with E-state index in [-0.39, 0.29) is 31.3 Å². The van der Waals surface area contributed by atoms with E-state index in [9.17, 15) is 13.2 Å². The number of hydrogen-bond donors (Lipinski definition) is 1. The van der Waals surface area contributed by atoms with Gasteiger partial charge in [-0.05, 0) is 69.4 Å². The number of carbonyl (C=O) groups excluding carboxylic acids is 1. The summed E-state index contributed by atoms with van der Waals surface area (Å²) in [5, 5.41) is -0.543. The largest absolute Gasteiger partial charge is 0.467 e. The Morgan fingerprint density at radius 3 is 2.71 bits per heavy atom. The molecule has 2 bridgehead atoms. The summed E-state index contributed by atoms with van der Waals surface area (Å²) in [6, 6.07) is 1.24. The third kappa shape index (κ3) is 4.96. The molecule has 5 heterocycles. The number of fused-ring (bicyclic) bond motifs is 5. The highest BCUT2D eigenvalue weighted by Crippen LogP contribution is 2.39. The fourth-order valence-electron chi connectivity index (χ4n) is 5.90. The van der Waals surface area contributed by atoms with E-state index in [0.29, 0.717) is 44.4 Å². The van der Waals surface area contributed by atoms with Crippen molar-refractivity contribution < 1.29 is 27.4 Å². The SMILES string of the molecule is Cc1ccnc2c1C1CCC(CC1)OC[C@H]1C(NS(=O)(=O)[C@@H]3CCOC3)CCCN1C(=O)CO2. The van der Waals surface area contributed by atoms with Gasteiger partial charge in [-0.2, -0.15) is 0 Å². The third-order valence-electron chi connectivity index (χ3n) is 7.83. The molecule has 5 aliphatic rings. The van der Waals surface area contributed by atoms with Gasteiger partial charge in [-0.25, -0.2) is 18.1 Å². The van der Waals surface area contributed by atoms with E-state index in [1.807, 2.05) is 6.07 Å². The molecule has 1 N–H and O–H groups in total. The van der Waals surface area contributed by atoms with Crippen LogP contribution in [0.25, 0.3) is 0 Å². The third-order valence-corrected chi connectivity index (χ3v) is 9.71. The number of piperidine rings is 1. The Labute approximate surface area is 201 Å². The number of aromatic nitrogens is 1. The molecular formula is C24H35N3O6S. The Morgan fingerprint density at radius 1 is 1.12 bits per heavy atom. The predicted octanol–water partition coefficient (Wildman–Crippen LogP) is 1.89. The van der Waals surface area contributed by atoms with Crippen molar-refractivity contribution >= 4 is 15.9 Å². The molecule has 10 heteroatoms. The van der Waals surface area contributed by atoms with Gasteiger partial charge < -0.3 is 19.1 Å². The monoisotopic (exact) mass is 493 g/mol. The van der Waals surface area contributed by atoms with Crippen molar-refractivity contribution in [3.8, 4) is 5.88 Å². The quantitative estimate of drug-likeness (QED) is 0.685. The van der Waals surface area contributed by atoms with Gasteiger partial charge >= 0.3 is 0 Å². The first-order valence-electron chi connectivity index (χ1n) is 12.5. The molecule has 188 valence electrons. The Bertz CT molecular complexity index is 988. The van der Waals surface area contributed by atoms with Gasteiger partial charge in [-0.1, -0.05) is 0 Å². The Morgan fingerprint density at radius 2 is 1.94 bits per heavy atom. The minimum atomic E-state index is -3.55. The van der Waals surface area contributed by atoms with E-state index in [1.165, 1.54) is 0 Å². The second kappa shape index (κ2) is 10.1. The second-order valence-corrected chi connectivity index (χ2v) is 12.0. The van der Waals surface area contributed by atoms with Crippen molar-refractivity contribution in [2.45, 2.75) is 81.2 Å². The highest BCUT2D eigenvalue weighted by molar-refractivity contribution is 7.90. The number of nitrogens with zero attached hydrogens (tertiary/aromatic N) is 2. The molecule has 2 saturated heterocycles. The van der Waals surface area contributed by atoms with Gasteiger partial charge in [0.25, 0.3) is 5.91 Å². The van der Waals surface area contributed by atoms with Gasteiger partial charge in [0.05, 0.1) is 25.4 Å². The van der Waals surface area contributed by atoms with E-state index in [0.717, 1.165) is 43.2 Å². The number of pyridine rings is 1. The Kier molecular flexibility index (Phi) is 7.11. The Balaban J connectivity index is 1.40. The van der Waals surface area contributed by atoms with E-state index in [4.69, 9.17) is 14.2 Å². The number of sulfonamides is 1. The molecule has 1 saturated carbocycles. The smallest absolute Gasteiger partial charge is 0.260 e. The van der Waals surface area contributed by atoms with E-state index in [2.05, 4.69) is 16.6 Å². The van der Waals surface area contributed by atoms with Gasteiger partial charge in [0, 0.05) is 31.0 Å². The summed E-state index contributed by atoms with van der Waals surface area (Å²) in [4.78, 5) is 19.5. The molecule has 3 fully saturated rings. The molecule has 0 aromatic carbocycles. The summed E-state index contributed by atoms with van der Waals surface area (Å²) < 4.78 is 46.6. The lowest BCUT2D eigenvalue weighted by molar-refractivity contribution is -0.140. The summed E-state index contributed by atoms with van der Waals surface area (Å²) in [5.74, 6) is 0.724. The van der Waals surface area contributed by atoms with Crippen LogP contribution < -0.4 is 9.46 Å². The molecule has 3 atom stereocenters. The average molecular weight is 494 g/mol. The lowest BCUT2D eigenvalue weighted by atomic mass is 9.81. The van der Waals surface area contributed by atoms with Crippen LogP contribution in [-0.4, -0.2) is 80.6 Å². The number of aryl methyl sites for hydroxylation is 1. The van der Waals surface area contributed by atoms with Crippen molar-refractivity contribution in [3.05, 3.63) is 23.4 Å². The maximum absolute atomic E-state index is 13.3. The minimum Gasteiger partial charge on any atom is -0.467 e. The van der Waals surface area contributed by atoms with E-state index in [1.54, 1.807) is 11.1 Å². The highest BCUT2D eigenvalue weighted by Gasteiger charge is 2.40. The Hall–Kier alpha value is -1.75.